The minimum atomic E-state index is -0.409. The number of pyridine rings is 1. The standard InChI is InChI=1S/C19H16NO3/c1-23-19(22)16-8-6-15(7-9-16)18(21)13-20-11-10-14-4-2-3-5-17(14)12-20/h2-12H,13H2,1H3/q+1. The van der Waals surface area contributed by atoms with Gasteiger partial charge in [-0.2, -0.15) is 4.57 Å². The highest BCUT2D eigenvalue weighted by Crippen LogP contribution is 2.10. The summed E-state index contributed by atoms with van der Waals surface area (Å²) in [6, 6.07) is 16.5. The number of ketones is 1. The largest absolute Gasteiger partial charge is 0.465 e. The monoisotopic (exact) mass is 306 g/mol. The number of fused-ring (bicyclic) bond motifs is 1. The van der Waals surface area contributed by atoms with Crippen LogP contribution < -0.4 is 4.57 Å². The zero-order valence-electron chi connectivity index (χ0n) is 12.7. The summed E-state index contributed by atoms with van der Waals surface area (Å²) in [7, 11) is 1.33. The highest BCUT2D eigenvalue weighted by molar-refractivity contribution is 5.96. The molecule has 0 amide bonds. The van der Waals surface area contributed by atoms with Crippen molar-refractivity contribution in [2.45, 2.75) is 6.54 Å². The Morgan fingerprint density at radius 1 is 0.913 bits per heavy atom. The zero-order valence-corrected chi connectivity index (χ0v) is 12.7. The van der Waals surface area contributed by atoms with E-state index in [1.54, 1.807) is 24.3 Å². The summed E-state index contributed by atoms with van der Waals surface area (Å²) in [6.45, 7) is 0.252. The molecule has 0 N–H and O–H groups in total. The molecule has 2 aromatic carbocycles. The van der Waals surface area contributed by atoms with Crippen LogP contribution >= 0.6 is 0 Å². The van der Waals surface area contributed by atoms with Gasteiger partial charge in [-0.1, -0.05) is 30.3 Å². The third-order valence-electron chi connectivity index (χ3n) is 3.70. The lowest BCUT2D eigenvalue weighted by Gasteiger charge is -2.02. The van der Waals surface area contributed by atoms with Gasteiger partial charge >= 0.3 is 5.97 Å². The van der Waals surface area contributed by atoms with E-state index in [0.717, 1.165) is 10.8 Å². The quantitative estimate of drug-likeness (QED) is 0.423. The van der Waals surface area contributed by atoms with Crippen molar-refractivity contribution in [2.24, 2.45) is 0 Å². The molecule has 0 atom stereocenters. The van der Waals surface area contributed by atoms with Crippen LogP contribution in [0.15, 0.2) is 67.0 Å². The van der Waals surface area contributed by atoms with Gasteiger partial charge in [-0.25, -0.2) is 4.79 Å². The van der Waals surface area contributed by atoms with Crippen LogP contribution in [0.3, 0.4) is 0 Å². The maximum absolute atomic E-state index is 12.4. The predicted octanol–water partition coefficient (Wildman–Crippen LogP) is 2.80. The Morgan fingerprint density at radius 2 is 1.57 bits per heavy atom. The smallest absolute Gasteiger partial charge is 0.337 e. The number of hydrogen-bond acceptors (Lipinski definition) is 3. The molecule has 0 saturated heterocycles. The second-order valence-electron chi connectivity index (χ2n) is 5.24. The van der Waals surface area contributed by atoms with Crippen molar-refractivity contribution in [3.05, 3.63) is 78.1 Å². The first-order valence-electron chi connectivity index (χ1n) is 7.27. The summed E-state index contributed by atoms with van der Waals surface area (Å²) in [5.74, 6) is -0.422. The number of benzene rings is 2. The Hall–Kier alpha value is -3.01. The Labute approximate surface area is 133 Å². The van der Waals surface area contributed by atoms with Crippen LogP contribution in [0.2, 0.25) is 0 Å². The van der Waals surface area contributed by atoms with Crippen LogP contribution in [-0.4, -0.2) is 18.9 Å². The Bertz CT molecular complexity index is 869. The molecule has 0 saturated carbocycles. The second-order valence-corrected chi connectivity index (χ2v) is 5.24. The molecule has 114 valence electrons. The first kappa shape index (κ1) is 14.9. The number of carbonyl (C=O) groups is 2. The van der Waals surface area contributed by atoms with E-state index in [1.165, 1.54) is 7.11 Å². The predicted molar refractivity (Wildman–Crippen MR) is 86.3 cm³/mol. The topological polar surface area (TPSA) is 47.3 Å². The highest BCUT2D eigenvalue weighted by atomic mass is 16.5. The summed E-state index contributed by atoms with van der Waals surface area (Å²) in [4.78, 5) is 23.8. The van der Waals surface area contributed by atoms with Crippen molar-refractivity contribution in [1.82, 2.24) is 0 Å². The summed E-state index contributed by atoms with van der Waals surface area (Å²) < 4.78 is 6.51. The van der Waals surface area contributed by atoms with Crippen molar-refractivity contribution < 1.29 is 18.9 Å². The van der Waals surface area contributed by atoms with Crippen LogP contribution in [-0.2, 0) is 11.3 Å². The lowest BCUT2D eigenvalue weighted by molar-refractivity contribution is -0.681. The number of methoxy groups -OCH3 is 1. The molecule has 23 heavy (non-hydrogen) atoms. The number of aromatic nitrogens is 1. The Balaban J connectivity index is 1.78. The summed E-state index contributed by atoms with van der Waals surface area (Å²) in [5.41, 5.74) is 1.00. The van der Waals surface area contributed by atoms with E-state index in [2.05, 4.69) is 4.74 Å². The van der Waals surface area contributed by atoms with E-state index in [4.69, 9.17) is 0 Å². The van der Waals surface area contributed by atoms with Crippen molar-refractivity contribution in [3.63, 3.8) is 0 Å². The molecule has 0 fully saturated rings. The third kappa shape index (κ3) is 3.26. The van der Waals surface area contributed by atoms with Crippen molar-refractivity contribution >= 4 is 22.5 Å². The van der Waals surface area contributed by atoms with Crippen LogP contribution in [0.1, 0.15) is 20.7 Å². The fraction of sp³-hybridized carbons (Fsp3) is 0.105. The normalized spacial score (nSPS) is 10.5. The Morgan fingerprint density at radius 3 is 2.26 bits per heavy atom. The number of ether oxygens (including phenoxy) is 1. The molecular weight excluding hydrogens is 290 g/mol. The average Bonchev–Trinajstić information content (AvgIpc) is 2.61. The highest BCUT2D eigenvalue weighted by Gasteiger charge is 2.14. The SMILES string of the molecule is COC(=O)c1ccc(C(=O)C[n+]2ccc3ccccc3c2)cc1. The first-order valence-corrected chi connectivity index (χ1v) is 7.27. The average molecular weight is 306 g/mol. The van der Waals surface area contributed by atoms with Crippen LogP contribution in [0.4, 0.5) is 0 Å². The molecule has 0 bridgehead atoms. The van der Waals surface area contributed by atoms with E-state index in [-0.39, 0.29) is 12.3 Å². The number of Topliss-reactive ketones (excluding diaryl/α,β-unsaturated/α-hetero) is 1. The molecule has 0 aliphatic heterocycles. The van der Waals surface area contributed by atoms with Gasteiger partial charge in [0.2, 0.25) is 12.3 Å². The van der Waals surface area contributed by atoms with E-state index in [1.807, 2.05) is 47.3 Å². The van der Waals surface area contributed by atoms with Gasteiger partial charge in [-0.05, 0) is 23.6 Å². The van der Waals surface area contributed by atoms with Gasteiger partial charge in [0.15, 0.2) is 12.4 Å². The van der Waals surface area contributed by atoms with E-state index < -0.39 is 5.97 Å². The minimum Gasteiger partial charge on any atom is -0.465 e. The molecular formula is C19H16NO3+. The van der Waals surface area contributed by atoms with E-state index in [0.29, 0.717) is 11.1 Å². The number of hydrogen-bond donors (Lipinski definition) is 0. The fourth-order valence-corrected chi connectivity index (χ4v) is 2.44. The van der Waals surface area contributed by atoms with Gasteiger partial charge in [0.05, 0.1) is 12.7 Å². The van der Waals surface area contributed by atoms with Gasteiger partial charge in [0.25, 0.3) is 0 Å². The molecule has 1 heterocycles. The van der Waals surface area contributed by atoms with Gasteiger partial charge < -0.3 is 4.74 Å². The third-order valence-corrected chi connectivity index (χ3v) is 3.70. The molecule has 4 heteroatoms. The molecule has 0 unspecified atom stereocenters. The second kappa shape index (κ2) is 6.40. The maximum atomic E-state index is 12.4. The molecule has 3 rings (SSSR count). The van der Waals surface area contributed by atoms with Gasteiger partial charge in [0.1, 0.15) is 0 Å². The van der Waals surface area contributed by atoms with Gasteiger partial charge in [-0.3, -0.25) is 4.79 Å². The molecule has 0 spiro atoms. The zero-order chi connectivity index (χ0) is 16.2. The van der Waals surface area contributed by atoms with E-state index >= 15 is 0 Å². The number of carbonyl (C=O) groups excluding carboxylic acids is 2. The van der Waals surface area contributed by atoms with Crippen LogP contribution in [0.5, 0.6) is 0 Å². The number of nitrogens with zero attached hydrogens (tertiary/aromatic N) is 1. The molecule has 4 nitrogen and oxygen atoms in total. The molecule has 0 radical (unpaired) electrons. The van der Waals surface area contributed by atoms with Crippen molar-refractivity contribution in [3.8, 4) is 0 Å². The molecule has 3 aromatic rings. The first-order chi connectivity index (χ1) is 11.2. The fourth-order valence-electron chi connectivity index (χ4n) is 2.44. The minimum absolute atomic E-state index is 0.0123. The number of esters is 1. The van der Waals surface area contributed by atoms with Crippen molar-refractivity contribution in [2.75, 3.05) is 7.11 Å². The molecule has 0 aliphatic rings. The summed E-state index contributed by atoms with van der Waals surface area (Å²) in [6.07, 6.45) is 3.85. The molecule has 0 aliphatic carbocycles. The van der Waals surface area contributed by atoms with Crippen LogP contribution in [0.25, 0.3) is 10.8 Å². The number of rotatable bonds is 4. The van der Waals surface area contributed by atoms with Crippen LogP contribution in [0, 0.1) is 0 Å². The summed E-state index contributed by atoms with van der Waals surface area (Å²) >= 11 is 0. The van der Waals surface area contributed by atoms with Gasteiger partial charge in [-0.15, -0.1) is 0 Å². The lowest BCUT2D eigenvalue weighted by atomic mass is 10.1. The molecule has 1 aromatic heterocycles. The van der Waals surface area contributed by atoms with E-state index in [9.17, 15) is 9.59 Å². The van der Waals surface area contributed by atoms with Crippen molar-refractivity contribution in [1.29, 1.82) is 0 Å². The lowest BCUT2D eigenvalue weighted by Crippen LogP contribution is -2.37. The Kier molecular flexibility index (Phi) is 4.15. The van der Waals surface area contributed by atoms with Gasteiger partial charge in [0, 0.05) is 17.0 Å². The maximum Gasteiger partial charge on any atom is 0.337 e. The summed E-state index contributed by atoms with van der Waals surface area (Å²) in [5, 5.41) is 2.22.